The summed E-state index contributed by atoms with van der Waals surface area (Å²) < 4.78 is 5.00. The second-order valence-corrected chi connectivity index (χ2v) is 31.0. The van der Waals surface area contributed by atoms with Crippen molar-refractivity contribution in [3.63, 3.8) is 0 Å². The van der Waals surface area contributed by atoms with Gasteiger partial charge in [-0.15, -0.1) is 0 Å². The van der Waals surface area contributed by atoms with E-state index in [-0.39, 0.29) is 13.2 Å². The summed E-state index contributed by atoms with van der Waals surface area (Å²) in [6, 6.07) is 9.52. The molecule has 0 saturated carbocycles. The second-order valence-electron chi connectivity index (χ2n) is 4.44. The van der Waals surface area contributed by atoms with Crippen LogP contribution in [0.15, 0.2) is 30.3 Å². The smallest absolute Gasteiger partial charge is 0.407 e. The maximum atomic E-state index is 11.2. The third-order valence-electron chi connectivity index (χ3n) is 2.46. The second kappa shape index (κ2) is 30.4. The Morgan fingerprint density at radius 3 is 1.64 bits per heavy atom. The summed E-state index contributed by atoms with van der Waals surface area (Å²) in [5, 5.41) is 11.2. The molecule has 1 aromatic rings. The van der Waals surface area contributed by atoms with Crippen LogP contribution in [0.4, 0.5) is 4.79 Å². The maximum Gasteiger partial charge on any atom is 0.407 e. The van der Waals surface area contributed by atoms with E-state index in [0.717, 1.165) is 12.0 Å². The van der Waals surface area contributed by atoms with Gasteiger partial charge in [0.2, 0.25) is 0 Å². The first kappa shape index (κ1) is 35.2. The Labute approximate surface area is 246 Å². The van der Waals surface area contributed by atoms with Crippen molar-refractivity contribution in [1.29, 1.82) is 0 Å². The number of alkyl carbamates (subject to hydrolysis) is 1. The van der Waals surface area contributed by atoms with Gasteiger partial charge in [0, 0.05) is 169 Å². The lowest BCUT2D eigenvalue weighted by Crippen LogP contribution is -2.25. The average molecular weight is 768 g/mol. The van der Waals surface area contributed by atoms with E-state index in [1.807, 2.05) is 30.3 Å². The molecule has 0 aliphatic heterocycles. The van der Waals surface area contributed by atoms with Crippen LogP contribution >= 0.6 is 0 Å². The van der Waals surface area contributed by atoms with Crippen molar-refractivity contribution < 1.29 is 14.6 Å². The van der Waals surface area contributed by atoms with Gasteiger partial charge in [0.25, 0.3) is 0 Å². The molecule has 0 spiro atoms. The molecule has 33 heavy (non-hydrogen) atoms. The number of carbonyl (C=O) groups is 1. The molecule has 1 amide bonds. The Hall–Kier alpha value is 2.19. The topological polar surface area (TPSA) is 58.6 Å². The minimum absolute atomic E-state index is 0.154. The van der Waals surface area contributed by atoms with Crippen molar-refractivity contribution in [2.24, 2.45) is 0 Å². The summed E-state index contributed by atoms with van der Waals surface area (Å²) in [5.41, 5.74) is 0.966. The number of unbranched alkanes of at least 4 members (excludes halogenated alkanes) is 1. The van der Waals surface area contributed by atoms with Crippen LogP contribution in [0.1, 0.15) is 18.4 Å². The highest BCUT2D eigenvalue weighted by molar-refractivity contribution is 8.77. The van der Waals surface area contributed by atoms with E-state index in [9.17, 15) is 4.79 Å². The van der Waals surface area contributed by atoms with Crippen LogP contribution in [0, 0.1) is 0 Å². The fourth-order valence-corrected chi connectivity index (χ4v) is 37.0. The van der Waals surface area contributed by atoms with E-state index in [2.05, 4.69) is 5.32 Å². The highest BCUT2D eigenvalue weighted by Gasteiger charge is 2.00. The van der Waals surface area contributed by atoms with Crippen LogP contribution in [0.2, 0.25) is 0 Å². The number of hydrogen-bond acceptors (Lipinski definition) is 5. The molecule has 190 valence electrons. The van der Waals surface area contributed by atoms with E-state index in [1.54, 1.807) is 115 Å². The summed E-state index contributed by atoms with van der Waals surface area (Å²) in [4.78, 5) is 11.2. The molecule has 0 fully saturated rings. The summed E-state index contributed by atoms with van der Waals surface area (Å²) in [7, 11) is 25.4. The largest absolute Gasteiger partial charge is 0.445 e. The number of amides is 1. The van der Waals surface area contributed by atoms with Crippen LogP contribution < -0.4 is 5.32 Å². The van der Waals surface area contributed by atoms with E-state index in [0.29, 0.717) is 13.0 Å². The van der Waals surface area contributed by atoms with Crippen LogP contribution in [0.5, 0.6) is 0 Å². The Kier molecular flexibility index (Phi) is 32.4. The zero-order valence-corrected chi connectivity index (χ0v) is 30.0. The normalized spacial score (nSPS) is 8.52. The van der Waals surface area contributed by atoms with Gasteiger partial charge in [-0.3, -0.25) is 0 Å². The number of carbonyl (C=O) groups excluding carboxylic acids is 1. The molecule has 0 aromatic heterocycles. The van der Waals surface area contributed by atoms with Gasteiger partial charge >= 0.3 is 6.09 Å². The number of benzene rings is 1. The highest BCUT2D eigenvalue weighted by atomic mass is 33.5. The standard InChI is InChI=1S/C12H17NO3.S17/c14-9-5-4-8-13-12(15)16-10-11-6-2-1-3-7-11;1-3-5-7-9-11-13-15-17-16-14-12-10-8-6-4-2/h1-3,6-7,14H,4-5,8-10H2,(H,13,15);. The van der Waals surface area contributed by atoms with E-state index in [4.69, 9.17) is 32.2 Å². The zero-order valence-electron chi connectivity index (χ0n) is 16.1. The molecule has 0 aliphatic carbocycles. The van der Waals surface area contributed by atoms with Crippen molar-refractivity contribution >= 4 is 162 Å². The molecule has 0 atom stereocenters. The fourth-order valence-electron chi connectivity index (χ4n) is 1.35. The van der Waals surface area contributed by atoms with Crippen molar-refractivity contribution in [1.82, 2.24) is 5.32 Å². The van der Waals surface area contributed by atoms with Gasteiger partial charge in [-0.2, -0.15) is 0 Å². The van der Waals surface area contributed by atoms with E-state index < -0.39 is 6.09 Å². The number of rotatable bonds is 6. The average Bonchev–Trinajstić information content (AvgIpc) is 2.84. The molecule has 21 heteroatoms. The van der Waals surface area contributed by atoms with Crippen LogP contribution in [-0.2, 0) is 167 Å². The SMILES string of the molecule is O=C(NCCCCO)OCc1ccccc1.S=S=S=S=S=S=S=S=S=S=S=S=S=S=S=S=S. The van der Waals surface area contributed by atoms with Gasteiger partial charge in [0.05, 0.1) is 0 Å². The van der Waals surface area contributed by atoms with Gasteiger partial charge in [-0.1, -0.05) is 30.3 Å². The molecule has 0 unspecified atom stereocenters. The quantitative estimate of drug-likeness (QED) is 0.432. The highest BCUT2D eigenvalue weighted by Crippen LogP contribution is 2.00. The van der Waals surface area contributed by atoms with E-state index >= 15 is 0 Å². The molecule has 4 nitrogen and oxygen atoms in total. The van der Waals surface area contributed by atoms with Gasteiger partial charge in [-0.25, -0.2) is 4.79 Å². The van der Waals surface area contributed by atoms with Crippen molar-refractivity contribution in [3.8, 4) is 0 Å². The third kappa shape index (κ3) is 28.6. The lowest BCUT2D eigenvalue weighted by Gasteiger charge is -2.06. The minimum Gasteiger partial charge on any atom is -0.445 e. The van der Waals surface area contributed by atoms with Gasteiger partial charge in [-0.05, 0) is 18.4 Å². The van der Waals surface area contributed by atoms with Crippen molar-refractivity contribution in [3.05, 3.63) is 35.9 Å². The number of ether oxygens (including phenoxy) is 1. The van der Waals surface area contributed by atoms with Crippen molar-refractivity contribution in [2.45, 2.75) is 19.4 Å². The number of hydrogen-bond donors (Lipinski definition) is 2. The molecule has 1 aromatic carbocycles. The fraction of sp³-hybridized carbons (Fsp3) is 0.417. The predicted octanol–water partition coefficient (Wildman–Crippen LogP) is 1.64. The third-order valence-corrected chi connectivity index (χ3v) is 33.6. The van der Waals surface area contributed by atoms with Gasteiger partial charge in [0.15, 0.2) is 0 Å². The summed E-state index contributed by atoms with van der Waals surface area (Å²) in [5.74, 6) is 0. The molecule has 1 rings (SSSR count). The summed E-state index contributed by atoms with van der Waals surface area (Å²) in [6.07, 6.45) is 1.04. The first-order chi connectivity index (χ1) is 16.2. The summed E-state index contributed by atoms with van der Waals surface area (Å²) in [6.45, 7) is 0.974. The first-order valence-electron chi connectivity index (χ1n) is 8.05. The lowest BCUT2D eigenvalue weighted by molar-refractivity contribution is 0.139. The van der Waals surface area contributed by atoms with Gasteiger partial charge in [0.1, 0.15) is 6.61 Å². The molecule has 0 aliphatic rings. The predicted molar refractivity (Wildman–Crippen MR) is 186 cm³/mol. The molecule has 0 radical (unpaired) electrons. The molecular weight excluding hydrogens is 751 g/mol. The molecular formula is C12H17NO3S17. The van der Waals surface area contributed by atoms with Crippen LogP contribution in [0.3, 0.4) is 0 Å². The Bertz CT molecular complexity index is 1280. The maximum absolute atomic E-state index is 11.2. The number of nitrogens with one attached hydrogen (secondary N) is 1. The Morgan fingerprint density at radius 2 is 1.21 bits per heavy atom. The number of aliphatic hydroxyl groups is 1. The Balaban J connectivity index is 0.000000621. The Morgan fingerprint density at radius 1 is 0.758 bits per heavy atom. The molecule has 0 heterocycles. The summed E-state index contributed by atoms with van der Waals surface area (Å²) >= 11 is 9.48. The van der Waals surface area contributed by atoms with Gasteiger partial charge < -0.3 is 15.2 Å². The molecule has 0 bridgehead atoms. The van der Waals surface area contributed by atoms with E-state index in [1.165, 1.54) is 17.8 Å². The minimum atomic E-state index is -0.415. The van der Waals surface area contributed by atoms with Crippen molar-refractivity contribution in [2.75, 3.05) is 13.2 Å². The molecule has 2 N–H and O–H groups in total. The monoisotopic (exact) mass is 767 g/mol. The first-order valence-corrected chi connectivity index (χ1v) is 29.4. The number of aliphatic hydroxyl groups excluding tert-OH is 1. The zero-order chi connectivity index (χ0) is 24.2. The molecule has 0 saturated heterocycles. The van der Waals surface area contributed by atoms with Crippen LogP contribution in [0.25, 0.3) is 0 Å². The lowest BCUT2D eigenvalue weighted by atomic mass is 10.2. The van der Waals surface area contributed by atoms with Crippen LogP contribution in [-0.4, -0.2) is 24.4 Å².